The first-order chi connectivity index (χ1) is 11.5. The van der Waals surface area contributed by atoms with Gasteiger partial charge in [-0.3, -0.25) is 4.79 Å². The van der Waals surface area contributed by atoms with Crippen LogP contribution in [0.4, 0.5) is 0 Å². The monoisotopic (exact) mass is 324 g/mol. The number of hydrogen-bond acceptors (Lipinski definition) is 3. The first kappa shape index (κ1) is 16.5. The molecular formula is C19H24N4O. The Kier molecular flexibility index (Phi) is 4.57. The number of amides is 1. The van der Waals surface area contributed by atoms with Crippen LogP contribution in [0.15, 0.2) is 18.2 Å². The molecule has 1 fully saturated rings. The Balaban J connectivity index is 1.95. The zero-order valence-corrected chi connectivity index (χ0v) is 14.6. The highest BCUT2D eigenvalue weighted by molar-refractivity contribution is 5.80. The molecule has 5 nitrogen and oxygen atoms in total. The number of carbonyl (C=O) groups excluding carboxylic acids is 1. The van der Waals surface area contributed by atoms with E-state index in [4.69, 9.17) is 10.2 Å². The van der Waals surface area contributed by atoms with E-state index in [0.717, 1.165) is 36.2 Å². The van der Waals surface area contributed by atoms with Gasteiger partial charge >= 0.3 is 0 Å². The zero-order valence-electron chi connectivity index (χ0n) is 14.6. The number of fused-ring (bicyclic) bond motifs is 1. The van der Waals surface area contributed by atoms with Gasteiger partial charge in [0.2, 0.25) is 5.91 Å². The van der Waals surface area contributed by atoms with Crippen molar-refractivity contribution >= 4 is 16.9 Å². The number of hydrogen-bond donors (Lipinski definition) is 0. The Morgan fingerprint density at radius 1 is 1.42 bits per heavy atom. The highest BCUT2D eigenvalue weighted by atomic mass is 16.2. The minimum atomic E-state index is 0.235. The summed E-state index contributed by atoms with van der Waals surface area (Å²) in [4.78, 5) is 19.0. The molecule has 0 bridgehead atoms. The first-order valence-corrected chi connectivity index (χ1v) is 8.71. The van der Waals surface area contributed by atoms with Crippen LogP contribution in [-0.4, -0.2) is 26.9 Å². The lowest BCUT2D eigenvalue weighted by Gasteiger charge is -2.20. The van der Waals surface area contributed by atoms with Crippen LogP contribution in [0.3, 0.4) is 0 Å². The van der Waals surface area contributed by atoms with E-state index in [1.807, 2.05) is 23.1 Å². The summed E-state index contributed by atoms with van der Waals surface area (Å²) in [5.74, 6) is 1.93. The molecule has 1 atom stereocenters. The van der Waals surface area contributed by atoms with Gasteiger partial charge in [-0.15, -0.1) is 0 Å². The average molecular weight is 324 g/mol. The summed E-state index contributed by atoms with van der Waals surface area (Å²) in [5.41, 5.74) is 2.43. The number of rotatable bonds is 5. The molecule has 24 heavy (non-hydrogen) atoms. The van der Waals surface area contributed by atoms with Gasteiger partial charge in [0.05, 0.1) is 29.3 Å². The number of likely N-dealkylation sites (tertiary alicyclic amines) is 1. The normalized spacial score (nSPS) is 17.9. The van der Waals surface area contributed by atoms with Crippen LogP contribution in [0.5, 0.6) is 0 Å². The first-order valence-electron chi connectivity index (χ1n) is 8.71. The van der Waals surface area contributed by atoms with E-state index in [-0.39, 0.29) is 11.8 Å². The number of benzene rings is 1. The maximum atomic E-state index is 12.4. The topological polar surface area (TPSA) is 61.9 Å². The van der Waals surface area contributed by atoms with E-state index in [1.165, 1.54) is 0 Å². The lowest BCUT2D eigenvalue weighted by molar-refractivity contribution is -0.129. The van der Waals surface area contributed by atoms with Gasteiger partial charge in [-0.1, -0.05) is 27.2 Å². The second-order valence-corrected chi connectivity index (χ2v) is 6.98. The molecule has 1 aliphatic rings. The predicted octanol–water partition coefficient (Wildman–Crippen LogP) is 3.64. The third-order valence-electron chi connectivity index (χ3n) is 4.73. The molecule has 126 valence electrons. The van der Waals surface area contributed by atoms with Crippen LogP contribution in [0.25, 0.3) is 11.0 Å². The third-order valence-corrected chi connectivity index (χ3v) is 4.73. The number of nitriles is 1. The predicted molar refractivity (Wildman–Crippen MR) is 93.3 cm³/mol. The molecule has 1 aliphatic heterocycles. The van der Waals surface area contributed by atoms with Crippen molar-refractivity contribution in [3.8, 4) is 6.07 Å². The van der Waals surface area contributed by atoms with Crippen LogP contribution >= 0.6 is 0 Å². The van der Waals surface area contributed by atoms with Crippen LogP contribution < -0.4 is 0 Å². The van der Waals surface area contributed by atoms with Crippen molar-refractivity contribution in [1.82, 2.24) is 14.5 Å². The molecule has 0 radical (unpaired) electrons. The Labute approximate surface area is 142 Å². The zero-order chi connectivity index (χ0) is 17.3. The van der Waals surface area contributed by atoms with Crippen molar-refractivity contribution in [3.05, 3.63) is 29.6 Å². The molecule has 3 rings (SSSR count). The van der Waals surface area contributed by atoms with Gasteiger partial charge < -0.3 is 9.47 Å². The Morgan fingerprint density at radius 2 is 2.21 bits per heavy atom. The van der Waals surface area contributed by atoms with Gasteiger partial charge in [0.1, 0.15) is 5.82 Å². The molecule has 1 unspecified atom stereocenters. The van der Waals surface area contributed by atoms with Crippen LogP contribution in [-0.2, 0) is 11.5 Å². The number of aromatic nitrogens is 2. The quantitative estimate of drug-likeness (QED) is 0.843. The molecule has 0 N–H and O–H groups in total. The molecule has 5 heteroatoms. The number of imidazole rings is 1. The molecular weight excluding hydrogens is 300 g/mol. The second kappa shape index (κ2) is 6.64. The van der Waals surface area contributed by atoms with E-state index in [9.17, 15) is 4.79 Å². The Morgan fingerprint density at radius 3 is 2.88 bits per heavy atom. The van der Waals surface area contributed by atoms with Crippen molar-refractivity contribution in [1.29, 1.82) is 5.26 Å². The minimum absolute atomic E-state index is 0.235. The molecule has 1 aromatic heterocycles. The highest BCUT2D eigenvalue weighted by Gasteiger charge is 2.30. The maximum Gasteiger partial charge on any atom is 0.224 e. The summed E-state index contributed by atoms with van der Waals surface area (Å²) in [5, 5.41) is 9.09. The summed E-state index contributed by atoms with van der Waals surface area (Å²) in [7, 11) is 0. The molecule has 1 saturated heterocycles. The van der Waals surface area contributed by atoms with Crippen molar-refractivity contribution in [2.45, 2.75) is 52.6 Å². The Hall–Kier alpha value is -2.35. The fraction of sp³-hybridized carbons (Fsp3) is 0.526. The molecule has 1 amide bonds. The summed E-state index contributed by atoms with van der Waals surface area (Å²) >= 11 is 0. The van der Waals surface area contributed by atoms with Crippen LogP contribution in [0, 0.1) is 17.2 Å². The fourth-order valence-corrected chi connectivity index (χ4v) is 3.57. The lowest BCUT2D eigenvalue weighted by Crippen LogP contribution is -2.29. The lowest BCUT2D eigenvalue weighted by atomic mass is 10.0. The SMILES string of the molecule is CCCC1CC(=O)N(Cn2c(C(C)C)nc3cc(C#N)ccc32)C1. The van der Waals surface area contributed by atoms with Crippen LogP contribution in [0.1, 0.15) is 57.3 Å². The standard InChI is InChI=1S/C19H24N4O/c1-4-5-15-9-18(24)22(11-15)12-23-17-7-6-14(10-20)8-16(17)21-19(23)13(2)3/h6-8,13,15H,4-5,9,11-12H2,1-3H3. The molecule has 0 aliphatic carbocycles. The van der Waals surface area contributed by atoms with E-state index >= 15 is 0 Å². The fourth-order valence-electron chi connectivity index (χ4n) is 3.57. The summed E-state index contributed by atoms with van der Waals surface area (Å²) in [6.45, 7) is 7.76. The van der Waals surface area contributed by atoms with Gasteiger partial charge in [-0.05, 0) is 30.5 Å². The van der Waals surface area contributed by atoms with Gasteiger partial charge in [-0.25, -0.2) is 4.98 Å². The molecule has 0 saturated carbocycles. The van der Waals surface area contributed by atoms with Gasteiger partial charge in [0.15, 0.2) is 0 Å². The van der Waals surface area contributed by atoms with Crippen molar-refractivity contribution in [3.63, 3.8) is 0 Å². The largest absolute Gasteiger partial charge is 0.324 e. The summed E-state index contributed by atoms with van der Waals surface area (Å²) < 4.78 is 2.13. The van der Waals surface area contributed by atoms with Gasteiger partial charge in [0.25, 0.3) is 0 Å². The van der Waals surface area contributed by atoms with E-state index in [1.54, 1.807) is 0 Å². The van der Waals surface area contributed by atoms with E-state index < -0.39 is 0 Å². The highest BCUT2D eigenvalue weighted by Crippen LogP contribution is 2.27. The Bertz CT molecular complexity index is 800. The second-order valence-electron chi connectivity index (χ2n) is 6.98. The van der Waals surface area contributed by atoms with Crippen molar-refractivity contribution in [2.75, 3.05) is 6.54 Å². The average Bonchev–Trinajstić information content (AvgIpc) is 3.08. The van der Waals surface area contributed by atoms with E-state index in [2.05, 4.69) is 31.4 Å². The third kappa shape index (κ3) is 3.01. The smallest absolute Gasteiger partial charge is 0.224 e. The van der Waals surface area contributed by atoms with E-state index in [0.29, 0.717) is 24.6 Å². The van der Waals surface area contributed by atoms with Gasteiger partial charge in [-0.2, -0.15) is 5.26 Å². The van der Waals surface area contributed by atoms with Crippen molar-refractivity contribution in [2.24, 2.45) is 5.92 Å². The van der Waals surface area contributed by atoms with Crippen LogP contribution in [0.2, 0.25) is 0 Å². The minimum Gasteiger partial charge on any atom is -0.324 e. The van der Waals surface area contributed by atoms with Gasteiger partial charge in [0, 0.05) is 18.9 Å². The summed E-state index contributed by atoms with van der Waals surface area (Å²) in [6, 6.07) is 7.74. The molecule has 2 heterocycles. The summed E-state index contributed by atoms with van der Waals surface area (Å²) in [6.07, 6.45) is 2.89. The van der Waals surface area contributed by atoms with Crippen molar-refractivity contribution < 1.29 is 4.79 Å². The number of carbonyl (C=O) groups is 1. The molecule has 2 aromatic rings. The number of nitrogens with zero attached hydrogens (tertiary/aromatic N) is 4. The maximum absolute atomic E-state index is 12.4. The molecule has 1 aromatic carbocycles. The molecule has 0 spiro atoms.